The van der Waals surface area contributed by atoms with Crippen molar-refractivity contribution < 1.29 is 4.39 Å². The number of benzene rings is 3. The number of hydrogen-bond acceptors (Lipinski definition) is 2. The average molecular weight is 395 g/mol. The van der Waals surface area contributed by atoms with E-state index in [1.165, 1.54) is 17.2 Å². The number of aryl methyl sites for hydroxylation is 1. The van der Waals surface area contributed by atoms with Crippen LogP contribution in [0.5, 0.6) is 0 Å². The Hall–Kier alpha value is -2.20. The van der Waals surface area contributed by atoms with E-state index in [9.17, 15) is 4.39 Å². The first-order valence-electron chi connectivity index (χ1n) is 9.63. The predicted octanol–water partition coefficient (Wildman–Crippen LogP) is 5.80. The minimum Gasteiger partial charge on any atom is -0.279 e. The minimum atomic E-state index is -0.149. The fourth-order valence-electron chi connectivity index (χ4n) is 3.93. The maximum absolute atomic E-state index is 14.3. The lowest BCUT2D eigenvalue weighted by atomic mass is 10.1. The molecule has 1 heterocycles. The molecule has 1 aliphatic heterocycles. The van der Waals surface area contributed by atoms with Crippen molar-refractivity contribution in [1.82, 2.24) is 9.80 Å². The number of rotatable bonds is 5. The smallest absolute Gasteiger partial charge is 0.127 e. The van der Waals surface area contributed by atoms with Crippen LogP contribution in [0.25, 0.3) is 0 Å². The van der Waals surface area contributed by atoms with E-state index in [0.29, 0.717) is 6.54 Å². The van der Waals surface area contributed by atoms with Gasteiger partial charge in [-0.2, -0.15) is 0 Å². The lowest BCUT2D eigenvalue weighted by Crippen LogP contribution is -2.30. The summed E-state index contributed by atoms with van der Waals surface area (Å²) in [6, 6.07) is 23.7. The molecule has 3 aromatic rings. The third kappa shape index (κ3) is 4.27. The van der Waals surface area contributed by atoms with Gasteiger partial charge in [-0.1, -0.05) is 71.8 Å². The topological polar surface area (TPSA) is 6.48 Å². The van der Waals surface area contributed by atoms with E-state index in [0.717, 1.165) is 35.8 Å². The van der Waals surface area contributed by atoms with Gasteiger partial charge in [0.05, 0.1) is 6.17 Å². The molecule has 1 aliphatic rings. The Bertz CT molecular complexity index is 941. The van der Waals surface area contributed by atoms with E-state index in [4.69, 9.17) is 11.6 Å². The molecule has 0 amide bonds. The molecule has 0 N–H and O–H groups in total. The molecule has 1 saturated heterocycles. The second-order valence-electron chi connectivity index (χ2n) is 7.45. The van der Waals surface area contributed by atoms with Gasteiger partial charge in [0, 0.05) is 36.8 Å². The third-order valence-electron chi connectivity index (χ3n) is 5.35. The van der Waals surface area contributed by atoms with E-state index in [-0.39, 0.29) is 12.0 Å². The number of hydrogen-bond donors (Lipinski definition) is 0. The van der Waals surface area contributed by atoms with Gasteiger partial charge in [0.2, 0.25) is 0 Å². The highest BCUT2D eigenvalue weighted by molar-refractivity contribution is 6.30. The van der Waals surface area contributed by atoms with Crippen LogP contribution < -0.4 is 0 Å². The molecule has 144 valence electrons. The summed E-state index contributed by atoms with van der Waals surface area (Å²) in [5.74, 6) is -0.149. The van der Waals surface area contributed by atoms with Gasteiger partial charge in [0.15, 0.2) is 0 Å². The van der Waals surface area contributed by atoms with Crippen LogP contribution >= 0.6 is 11.6 Å². The van der Waals surface area contributed by atoms with Gasteiger partial charge < -0.3 is 0 Å². The third-order valence-corrected chi connectivity index (χ3v) is 5.59. The fraction of sp³-hybridized carbons (Fsp3) is 0.250. The molecule has 1 fully saturated rings. The summed E-state index contributed by atoms with van der Waals surface area (Å²) in [5, 5.41) is 0.727. The van der Waals surface area contributed by atoms with Crippen LogP contribution in [0, 0.1) is 12.7 Å². The van der Waals surface area contributed by atoms with Gasteiger partial charge in [-0.25, -0.2) is 4.39 Å². The first kappa shape index (κ1) is 19.1. The van der Waals surface area contributed by atoms with Gasteiger partial charge in [-0.05, 0) is 36.2 Å². The molecule has 0 spiro atoms. The Balaban J connectivity index is 1.62. The molecule has 0 aliphatic carbocycles. The summed E-state index contributed by atoms with van der Waals surface area (Å²) >= 11 is 6.28. The van der Waals surface area contributed by atoms with Gasteiger partial charge in [0.25, 0.3) is 0 Å². The molecule has 28 heavy (non-hydrogen) atoms. The van der Waals surface area contributed by atoms with Gasteiger partial charge >= 0.3 is 0 Å². The summed E-state index contributed by atoms with van der Waals surface area (Å²) in [4.78, 5) is 4.77. The van der Waals surface area contributed by atoms with Crippen LogP contribution in [0.2, 0.25) is 5.02 Å². The van der Waals surface area contributed by atoms with Crippen molar-refractivity contribution in [2.75, 3.05) is 13.1 Å². The largest absolute Gasteiger partial charge is 0.279 e. The standard InChI is InChI=1S/C24H24ClFN2/c1-18-9-11-19(12-10-18)16-27-13-14-28(17-21-5-2-3-8-23(21)26)24(27)20-6-4-7-22(25)15-20/h2-12,15,24H,13-14,16-17H2,1H3/t24-/m1/s1. The zero-order valence-corrected chi connectivity index (χ0v) is 16.7. The molecule has 4 heteroatoms. The Kier molecular flexibility index (Phi) is 5.77. The average Bonchev–Trinajstić information content (AvgIpc) is 3.07. The second kappa shape index (κ2) is 8.44. The summed E-state index contributed by atoms with van der Waals surface area (Å²) < 4.78 is 14.3. The number of halogens is 2. The van der Waals surface area contributed by atoms with Crippen molar-refractivity contribution in [1.29, 1.82) is 0 Å². The molecule has 0 saturated carbocycles. The Morgan fingerprint density at radius 2 is 1.61 bits per heavy atom. The highest BCUT2D eigenvalue weighted by Crippen LogP contribution is 2.34. The molecule has 0 bridgehead atoms. The maximum Gasteiger partial charge on any atom is 0.127 e. The molecule has 0 unspecified atom stereocenters. The summed E-state index contributed by atoms with van der Waals surface area (Å²) in [7, 11) is 0. The molecule has 2 nitrogen and oxygen atoms in total. The molecular formula is C24H24ClFN2. The summed E-state index contributed by atoms with van der Waals surface area (Å²) in [6.07, 6.45) is 0.0691. The first-order chi connectivity index (χ1) is 13.6. The fourth-order valence-corrected chi connectivity index (χ4v) is 4.12. The van der Waals surface area contributed by atoms with Crippen molar-refractivity contribution in [2.24, 2.45) is 0 Å². The van der Waals surface area contributed by atoms with E-state index in [1.807, 2.05) is 30.3 Å². The Labute approximate surface area is 171 Å². The molecule has 0 aromatic heterocycles. The van der Waals surface area contributed by atoms with Crippen LogP contribution in [-0.4, -0.2) is 22.9 Å². The van der Waals surface area contributed by atoms with Crippen LogP contribution in [0.15, 0.2) is 72.8 Å². The van der Waals surface area contributed by atoms with Gasteiger partial charge in [-0.15, -0.1) is 0 Å². The second-order valence-corrected chi connectivity index (χ2v) is 7.88. The zero-order chi connectivity index (χ0) is 19.5. The van der Waals surface area contributed by atoms with E-state index < -0.39 is 0 Å². The predicted molar refractivity (Wildman–Crippen MR) is 113 cm³/mol. The zero-order valence-electron chi connectivity index (χ0n) is 16.0. The highest BCUT2D eigenvalue weighted by atomic mass is 35.5. The van der Waals surface area contributed by atoms with Gasteiger partial charge in [0.1, 0.15) is 5.82 Å². The highest BCUT2D eigenvalue weighted by Gasteiger charge is 2.33. The SMILES string of the molecule is Cc1ccc(CN2CCN(Cc3ccccc3F)[C@@H]2c2cccc(Cl)c2)cc1. The summed E-state index contributed by atoms with van der Waals surface area (Å²) in [5.41, 5.74) is 4.42. The lowest BCUT2D eigenvalue weighted by molar-refractivity contribution is 0.125. The Morgan fingerprint density at radius 1 is 0.893 bits per heavy atom. The first-order valence-corrected chi connectivity index (χ1v) is 10.0. The van der Waals surface area contributed by atoms with E-state index >= 15 is 0 Å². The minimum absolute atomic E-state index is 0.0691. The van der Waals surface area contributed by atoms with Crippen LogP contribution in [-0.2, 0) is 13.1 Å². The van der Waals surface area contributed by atoms with Gasteiger partial charge in [-0.3, -0.25) is 9.80 Å². The van der Waals surface area contributed by atoms with Crippen LogP contribution in [0.3, 0.4) is 0 Å². The molecule has 4 rings (SSSR count). The number of nitrogens with zero attached hydrogens (tertiary/aromatic N) is 2. The molecule has 1 atom stereocenters. The van der Waals surface area contributed by atoms with Crippen LogP contribution in [0.1, 0.15) is 28.4 Å². The van der Waals surface area contributed by atoms with Crippen molar-refractivity contribution in [3.05, 3.63) is 106 Å². The molecule has 3 aromatic carbocycles. The van der Waals surface area contributed by atoms with Crippen molar-refractivity contribution in [3.63, 3.8) is 0 Å². The van der Waals surface area contributed by atoms with Crippen LogP contribution in [0.4, 0.5) is 4.39 Å². The van der Waals surface area contributed by atoms with Crippen molar-refractivity contribution >= 4 is 11.6 Å². The van der Waals surface area contributed by atoms with E-state index in [1.54, 1.807) is 6.07 Å². The monoisotopic (exact) mass is 394 g/mol. The van der Waals surface area contributed by atoms with Crippen molar-refractivity contribution in [3.8, 4) is 0 Å². The maximum atomic E-state index is 14.3. The molecular weight excluding hydrogens is 371 g/mol. The normalized spacial score (nSPS) is 17.9. The van der Waals surface area contributed by atoms with E-state index in [2.05, 4.69) is 47.1 Å². The molecule has 0 radical (unpaired) electrons. The Morgan fingerprint density at radius 3 is 2.32 bits per heavy atom. The quantitative estimate of drug-likeness (QED) is 0.539. The lowest BCUT2D eigenvalue weighted by Gasteiger charge is -2.31. The van der Waals surface area contributed by atoms with Crippen molar-refractivity contribution in [2.45, 2.75) is 26.2 Å². The summed E-state index contributed by atoms with van der Waals surface area (Å²) in [6.45, 7) is 5.35.